The lowest BCUT2D eigenvalue weighted by Gasteiger charge is -2.22. The van der Waals surface area contributed by atoms with Gasteiger partial charge in [0.25, 0.3) is 0 Å². The summed E-state index contributed by atoms with van der Waals surface area (Å²) >= 11 is 0. The molecule has 1 atom stereocenters. The van der Waals surface area contributed by atoms with Crippen LogP contribution in [0, 0.1) is 0 Å². The Morgan fingerprint density at radius 3 is 2.38 bits per heavy atom. The van der Waals surface area contributed by atoms with Gasteiger partial charge in [0.05, 0.1) is 5.60 Å². The van der Waals surface area contributed by atoms with Crippen molar-refractivity contribution >= 4 is 0 Å². The van der Waals surface area contributed by atoms with E-state index in [1.54, 1.807) is 0 Å². The maximum Gasteiger partial charge on any atom is 0.0659 e. The SMILES string of the molecule is CCC[C@@](C)(O)Cc1ccccc1. The number of rotatable bonds is 4. The fraction of sp³-hybridized carbons (Fsp3) is 0.500. The minimum Gasteiger partial charge on any atom is -0.390 e. The van der Waals surface area contributed by atoms with E-state index in [1.165, 1.54) is 5.56 Å². The Kier molecular flexibility index (Phi) is 3.49. The Labute approximate surface area is 80.4 Å². The maximum atomic E-state index is 9.97. The summed E-state index contributed by atoms with van der Waals surface area (Å²) in [6.45, 7) is 4.00. The highest BCUT2D eigenvalue weighted by atomic mass is 16.3. The molecule has 0 aliphatic heterocycles. The third kappa shape index (κ3) is 3.60. The molecule has 1 aromatic rings. The summed E-state index contributed by atoms with van der Waals surface area (Å²) in [7, 11) is 0. The van der Waals surface area contributed by atoms with Crippen LogP contribution in [0.25, 0.3) is 0 Å². The molecule has 0 unspecified atom stereocenters. The van der Waals surface area contributed by atoms with Gasteiger partial charge in [0.1, 0.15) is 0 Å². The first-order valence-electron chi connectivity index (χ1n) is 4.90. The van der Waals surface area contributed by atoms with E-state index in [4.69, 9.17) is 0 Å². The predicted octanol–water partition coefficient (Wildman–Crippen LogP) is 2.78. The first-order valence-corrected chi connectivity index (χ1v) is 4.90. The third-order valence-corrected chi connectivity index (χ3v) is 2.22. The minimum absolute atomic E-state index is 0.546. The van der Waals surface area contributed by atoms with Crippen molar-refractivity contribution in [2.45, 2.75) is 38.7 Å². The number of aliphatic hydroxyl groups is 1. The molecule has 0 bridgehead atoms. The largest absolute Gasteiger partial charge is 0.390 e. The van der Waals surface area contributed by atoms with Gasteiger partial charge in [-0.05, 0) is 18.9 Å². The number of hydrogen-bond acceptors (Lipinski definition) is 1. The van der Waals surface area contributed by atoms with Gasteiger partial charge in [0.2, 0.25) is 0 Å². The normalized spacial score (nSPS) is 15.3. The Bertz CT molecular complexity index is 239. The molecule has 0 amide bonds. The highest BCUT2D eigenvalue weighted by Crippen LogP contribution is 2.17. The van der Waals surface area contributed by atoms with Crippen molar-refractivity contribution in [1.82, 2.24) is 0 Å². The van der Waals surface area contributed by atoms with E-state index >= 15 is 0 Å². The smallest absolute Gasteiger partial charge is 0.0659 e. The van der Waals surface area contributed by atoms with Crippen molar-refractivity contribution in [1.29, 1.82) is 0 Å². The third-order valence-electron chi connectivity index (χ3n) is 2.22. The van der Waals surface area contributed by atoms with Gasteiger partial charge in [-0.15, -0.1) is 0 Å². The summed E-state index contributed by atoms with van der Waals surface area (Å²) in [6, 6.07) is 10.1. The lowest BCUT2D eigenvalue weighted by molar-refractivity contribution is 0.0505. The molecular formula is C12H18O. The molecule has 0 radical (unpaired) electrons. The molecule has 0 saturated heterocycles. The van der Waals surface area contributed by atoms with Gasteiger partial charge in [0.15, 0.2) is 0 Å². The van der Waals surface area contributed by atoms with Crippen LogP contribution in [-0.2, 0) is 6.42 Å². The molecule has 0 saturated carbocycles. The fourth-order valence-electron chi connectivity index (χ4n) is 1.66. The van der Waals surface area contributed by atoms with Crippen molar-refractivity contribution in [3.05, 3.63) is 35.9 Å². The van der Waals surface area contributed by atoms with Crippen LogP contribution in [0.1, 0.15) is 32.3 Å². The van der Waals surface area contributed by atoms with Crippen molar-refractivity contribution in [3.8, 4) is 0 Å². The van der Waals surface area contributed by atoms with Crippen molar-refractivity contribution < 1.29 is 5.11 Å². The van der Waals surface area contributed by atoms with Crippen LogP contribution in [0.2, 0.25) is 0 Å². The van der Waals surface area contributed by atoms with Crippen LogP contribution >= 0.6 is 0 Å². The highest BCUT2D eigenvalue weighted by molar-refractivity contribution is 5.16. The molecule has 0 heterocycles. The second-order valence-electron chi connectivity index (χ2n) is 3.91. The zero-order chi connectivity index (χ0) is 9.73. The summed E-state index contributed by atoms with van der Waals surface area (Å²) < 4.78 is 0. The lowest BCUT2D eigenvalue weighted by atomic mass is 9.92. The van der Waals surface area contributed by atoms with Crippen molar-refractivity contribution in [2.24, 2.45) is 0 Å². The molecule has 1 heteroatoms. The minimum atomic E-state index is -0.546. The van der Waals surface area contributed by atoms with Gasteiger partial charge < -0.3 is 5.11 Å². The van der Waals surface area contributed by atoms with Crippen LogP contribution in [0.5, 0.6) is 0 Å². The van der Waals surface area contributed by atoms with Gasteiger partial charge in [-0.2, -0.15) is 0 Å². The molecule has 0 spiro atoms. The second-order valence-corrected chi connectivity index (χ2v) is 3.91. The van der Waals surface area contributed by atoms with E-state index < -0.39 is 5.60 Å². The van der Waals surface area contributed by atoms with Crippen LogP contribution in [0.3, 0.4) is 0 Å². The van der Waals surface area contributed by atoms with Crippen molar-refractivity contribution in [2.75, 3.05) is 0 Å². The molecule has 0 aliphatic rings. The van der Waals surface area contributed by atoms with Crippen LogP contribution in [0.15, 0.2) is 30.3 Å². The Hall–Kier alpha value is -0.820. The van der Waals surface area contributed by atoms with Gasteiger partial charge in [-0.25, -0.2) is 0 Å². The molecule has 0 fully saturated rings. The predicted molar refractivity (Wildman–Crippen MR) is 55.7 cm³/mol. The average Bonchev–Trinajstić information content (AvgIpc) is 2.04. The summed E-state index contributed by atoms with van der Waals surface area (Å²) in [5, 5.41) is 9.97. The van der Waals surface area contributed by atoms with Crippen LogP contribution in [0.4, 0.5) is 0 Å². The van der Waals surface area contributed by atoms with Crippen LogP contribution in [-0.4, -0.2) is 10.7 Å². The fourth-order valence-corrected chi connectivity index (χ4v) is 1.66. The lowest BCUT2D eigenvalue weighted by Crippen LogP contribution is -2.26. The number of hydrogen-bond donors (Lipinski definition) is 1. The topological polar surface area (TPSA) is 20.2 Å². The van der Waals surface area contributed by atoms with E-state index in [-0.39, 0.29) is 0 Å². The van der Waals surface area contributed by atoms with Crippen molar-refractivity contribution in [3.63, 3.8) is 0 Å². The molecule has 1 aromatic carbocycles. The molecule has 1 nitrogen and oxygen atoms in total. The first-order chi connectivity index (χ1) is 6.14. The molecule has 1 rings (SSSR count). The summed E-state index contributed by atoms with van der Waals surface area (Å²) in [6.07, 6.45) is 2.64. The Morgan fingerprint density at radius 2 is 1.85 bits per heavy atom. The van der Waals surface area contributed by atoms with Gasteiger partial charge in [-0.1, -0.05) is 43.7 Å². The molecular weight excluding hydrogens is 160 g/mol. The van der Waals surface area contributed by atoms with Gasteiger partial charge >= 0.3 is 0 Å². The van der Waals surface area contributed by atoms with E-state index in [9.17, 15) is 5.11 Å². The molecule has 0 aliphatic carbocycles. The Morgan fingerprint density at radius 1 is 1.23 bits per heavy atom. The molecule has 13 heavy (non-hydrogen) atoms. The zero-order valence-electron chi connectivity index (χ0n) is 8.46. The summed E-state index contributed by atoms with van der Waals surface area (Å²) in [5.41, 5.74) is 0.664. The second kappa shape index (κ2) is 4.43. The first kappa shape index (κ1) is 10.3. The van der Waals surface area contributed by atoms with E-state index in [0.29, 0.717) is 0 Å². The van der Waals surface area contributed by atoms with E-state index in [2.05, 4.69) is 19.1 Å². The average molecular weight is 178 g/mol. The summed E-state index contributed by atoms with van der Waals surface area (Å²) in [5.74, 6) is 0. The zero-order valence-corrected chi connectivity index (χ0v) is 8.46. The Balaban J connectivity index is 2.58. The van der Waals surface area contributed by atoms with E-state index in [0.717, 1.165) is 19.3 Å². The standard InChI is InChI=1S/C12H18O/c1-3-9-12(2,13)10-11-7-5-4-6-8-11/h4-8,13H,3,9-10H2,1-2H3/t12-/m1/s1. The highest BCUT2D eigenvalue weighted by Gasteiger charge is 2.18. The monoisotopic (exact) mass is 178 g/mol. The summed E-state index contributed by atoms with van der Waals surface area (Å²) in [4.78, 5) is 0. The number of benzene rings is 1. The van der Waals surface area contributed by atoms with Gasteiger partial charge in [0, 0.05) is 6.42 Å². The quantitative estimate of drug-likeness (QED) is 0.751. The van der Waals surface area contributed by atoms with E-state index in [1.807, 2.05) is 25.1 Å². The molecule has 72 valence electrons. The maximum absolute atomic E-state index is 9.97. The molecule has 1 N–H and O–H groups in total. The molecule has 0 aromatic heterocycles. The van der Waals surface area contributed by atoms with Crippen LogP contribution < -0.4 is 0 Å². The van der Waals surface area contributed by atoms with Gasteiger partial charge in [-0.3, -0.25) is 0 Å².